The van der Waals surface area contributed by atoms with Crippen LogP contribution in [0.5, 0.6) is 0 Å². The number of nitrogens with one attached hydrogen (secondary N) is 1. The van der Waals surface area contributed by atoms with Crippen LogP contribution in [0.25, 0.3) is 0 Å². The van der Waals surface area contributed by atoms with Gasteiger partial charge in [-0.2, -0.15) is 0 Å². The van der Waals surface area contributed by atoms with E-state index >= 15 is 8.78 Å². The highest BCUT2D eigenvalue weighted by Crippen LogP contribution is 2.39. The first-order chi connectivity index (χ1) is 18.4. The number of hydrogen-bond donors (Lipinski definition) is 1. The lowest BCUT2D eigenvalue weighted by Gasteiger charge is -2.49. The highest BCUT2D eigenvalue weighted by Gasteiger charge is 2.46. The molecule has 7 nitrogen and oxygen atoms in total. The molecule has 0 amide bonds. The molecule has 0 radical (unpaired) electrons. The number of piperazine rings is 1. The van der Waals surface area contributed by atoms with E-state index in [9.17, 15) is 0 Å². The molecule has 11 heteroatoms. The maximum absolute atomic E-state index is 16.7. The van der Waals surface area contributed by atoms with Crippen molar-refractivity contribution in [3.8, 4) is 0 Å². The van der Waals surface area contributed by atoms with Gasteiger partial charge in [0, 0.05) is 36.6 Å². The molecule has 0 aliphatic carbocycles. The van der Waals surface area contributed by atoms with Gasteiger partial charge >= 0.3 is 0 Å². The Bertz CT molecular complexity index is 1300. The fourth-order valence-corrected chi connectivity index (χ4v) is 9.29. The van der Waals surface area contributed by atoms with Gasteiger partial charge in [0.1, 0.15) is 12.0 Å². The quantitative estimate of drug-likeness (QED) is 0.445. The van der Waals surface area contributed by atoms with Crippen LogP contribution < -0.4 is 15.4 Å². The van der Waals surface area contributed by atoms with E-state index in [4.69, 9.17) is 9.41 Å². The summed E-state index contributed by atoms with van der Waals surface area (Å²) < 4.78 is 40.1. The van der Waals surface area contributed by atoms with E-state index in [1.54, 1.807) is 6.20 Å². The average Bonchev–Trinajstić information content (AvgIpc) is 3.26. The molecule has 0 unspecified atom stereocenters. The van der Waals surface area contributed by atoms with Gasteiger partial charge in [0.05, 0.1) is 37.7 Å². The molecule has 2 aromatic heterocycles. The van der Waals surface area contributed by atoms with E-state index in [1.165, 1.54) is 6.33 Å². The van der Waals surface area contributed by atoms with Crippen molar-refractivity contribution in [2.45, 2.75) is 97.5 Å². The summed E-state index contributed by atoms with van der Waals surface area (Å²) in [6.45, 7) is 25.4. The molecule has 2 aromatic rings. The summed E-state index contributed by atoms with van der Waals surface area (Å²) in [7, 11) is -4.57. The average molecular weight is 589 g/mol. The Hall–Kier alpha value is -2.09. The zero-order valence-corrected chi connectivity index (χ0v) is 28.0. The van der Waals surface area contributed by atoms with Crippen molar-refractivity contribution in [3.63, 3.8) is 0 Å². The molecule has 2 aliphatic heterocycles. The first-order valence-corrected chi connectivity index (χ1v) is 20.7. The number of nitrogens with zero attached hydrogens (tertiary/aromatic N) is 5. The number of aliphatic imine (C=N–C) groups is 1. The lowest BCUT2D eigenvalue weighted by Crippen LogP contribution is -2.65. The third kappa shape index (κ3) is 5.54. The van der Waals surface area contributed by atoms with E-state index in [-0.39, 0.29) is 33.7 Å². The minimum atomic E-state index is -2.68. The summed E-state index contributed by atoms with van der Waals surface area (Å²) in [5.41, 5.74) is 1.40. The fraction of sp³-hybridized carbons (Fsp3) is 0.655. The topological polar surface area (TPSA) is 75.5 Å². The van der Waals surface area contributed by atoms with Crippen molar-refractivity contribution in [1.29, 1.82) is 0 Å². The Morgan fingerprint density at radius 3 is 2.35 bits per heavy atom. The summed E-state index contributed by atoms with van der Waals surface area (Å²) in [5, 5.41) is 3.52. The Morgan fingerprint density at radius 2 is 1.75 bits per heavy atom. The molecular formula is C29H46F2N6OSi2. The number of aromatic nitrogens is 3. The van der Waals surface area contributed by atoms with Gasteiger partial charge in [-0.25, -0.2) is 23.7 Å². The van der Waals surface area contributed by atoms with E-state index < -0.39 is 33.6 Å². The molecule has 1 fully saturated rings. The minimum Gasteiger partial charge on any atom is -0.411 e. The molecule has 0 bridgehead atoms. The van der Waals surface area contributed by atoms with Crippen molar-refractivity contribution >= 4 is 33.1 Å². The molecule has 2 atom stereocenters. The predicted molar refractivity (Wildman–Crippen MR) is 164 cm³/mol. The van der Waals surface area contributed by atoms with Crippen molar-refractivity contribution in [2.24, 2.45) is 10.9 Å². The van der Waals surface area contributed by atoms with Crippen LogP contribution in [0.4, 0.5) is 14.6 Å². The van der Waals surface area contributed by atoms with Crippen molar-refractivity contribution < 1.29 is 13.2 Å². The number of pyridine rings is 1. The van der Waals surface area contributed by atoms with Gasteiger partial charge in [0.2, 0.25) is 0 Å². The zero-order chi connectivity index (χ0) is 29.8. The Morgan fingerprint density at radius 1 is 1.07 bits per heavy atom. The number of halogens is 2. The van der Waals surface area contributed by atoms with Crippen LogP contribution >= 0.6 is 0 Å². The maximum atomic E-state index is 16.7. The van der Waals surface area contributed by atoms with Crippen LogP contribution in [0.1, 0.15) is 58.5 Å². The van der Waals surface area contributed by atoms with Gasteiger partial charge in [-0.1, -0.05) is 47.7 Å². The Labute approximate surface area is 240 Å². The SMILES string of the molecule is CC(C)[C@@](C)(O[Si](C)(C)C)[C@@H]1CN(c2nc(C3=NCc4ncncc43)c(F)c([Si](C)(C)C(C)(C)C)c2F)CCN1. The third-order valence-corrected chi connectivity index (χ3v) is 15.6. The van der Waals surface area contributed by atoms with Gasteiger partial charge in [-0.15, -0.1) is 0 Å². The summed E-state index contributed by atoms with van der Waals surface area (Å²) in [6, 6.07) is -0.0584. The second-order valence-electron chi connectivity index (χ2n) is 14.2. The second-order valence-corrected chi connectivity index (χ2v) is 23.9. The maximum Gasteiger partial charge on any atom is 0.184 e. The molecule has 1 saturated heterocycles. The standard InChI is InChI=1S/C29H46F2N6OSi2/c1-18(2)29(6,38-39(7,8)9)21-16-37(13-12-33-21)27-23(31)26(40(10,11)28(3,4)5)22(30)25(36-27)24-19-14-32-17-35-20(19)15-34-24/h14,17-18,21,33H,12-13,15-16H2,1-11H3/t21-,29+/m0/s1. The molecule has 40 heavy (non-hydrogen) atoms. The van der Waals surface area contributed by atoms with Crippen molar-refractivity contribution in [3.05, 3.63) is 41.1 Å². The third-order valence-electron chi connectivity index (χ3n) is 9.06. The lowest BCUT2D eigenvalue weighted by atomic mass is 9.84. The highest BCUT2D eigenvalue weighted by molar-refractivity contribution is 6.92. The smallest absolute Gasteiger partial charge is 0.184 e. The van der Waals surface area contributed by atoms with Crippen LogP contribution in [0, 0.1) is 17.6 Å². The summed E-state index contributed by atoms with van der Waals surface area (Å²) in [5.74, 6) is -0.738. The monoisotopic (exact) mass is 588 g/mol. The van der Waals surface area contributed by atoms with Crippen LogP contribution in [-0.2, 0) is 11.0 Å². The molecule has 2 aliphatic rings. The molecular weight excluding hydrogens is 543 g/mol. The van der Waals surface area contributed by atoms with E-state index in [1.807, 2.05) is 18.0 Å². The van der Waals surface area contributed by atoms with Gasteiger partial charge < -0.3 is 14.6 Å². The predicted octanol–water partition coefficient (Wildman–Crippen LogP) is 5.26. The van der Waals surface area contributed by atoms with Crippen molar-refractivity contribution in [2.75, 3.05) is 24.5 Å². The highest BCUT2D eigenvalue weighted by atomic mass is 28.4. The molecule has 1 N–H and O–H groups in total. The summed E-state index contributed by atoms with van der Waals surface area (Å²) in [4.78, 5) is 19.8. The van der Waals surface area contributed by atoms with E-state index in [0.29, 0.717) is 37.5 Å². The zero-order valence-electron chi connectivity index (χ0n) is 26.0. The van der Waals surface area contributed by atoms with Crippen molar-refractivity contribution in [1.82, 2.24) is 20.3 Å². The van der Waals surface area contributed by atoms with Crippen LogP contribution in [-0.4, -0.2) is 68.3 Å². The van der Waals surface area contributed by atoms with E-state index in [2.05, 4.69) is 81.5 Å². The summed E-state index contributed by atoms with van der Waals surface area (Å²) in [6.07, 6.45) is 3.11. The second kappa shape index (κ2) is 10.6. The van der Waals surface area contributed by atoms with Gasteiger partial charge in [-0.05, 0) is 37.5 Å². The summed E-state index contributed by atoms with van der Waals surface area (Å²) >= 11 is 0. The van der Waals surface area contributed by atoms with E-state index in [0.717, 1.165) is 5.69 Å². The van der Waals surface area contributed by atoms with Gasteiger partial charge in [0.15, 0.2) is 25.8 Å². The van der Waals surface area contributed by atoms with Gasteiger partial charge in [0.25, 0.3) is 0 Å². The molecule has 0 spiro atoms. The van der Waals surface area contributed by atoms with Gasteiger partial charge in [-0.3, -0.25) is 4.99 Å². The number of fused-ring (bicyclic) bond motifs is 1. The van der Waals surface area contributed by atoms with Crippen LogP contribution in [0.2, 0.25) is 37.8 Å². The molecule has 4 heterocycles. The fourth-order valence-electron chi connectivity index (χ4n) is 5.52. The lowest BCUT2D eigenvalue weighted by molar-refractivity contribution is -0.00565. The molecule has 4 rings (SSSR count). The molecule has 0 aromatic carbocycles. The Balaban J connectivity index is 1.87. The first kappa shape index (κ1) is 30.9. The minimum absolute atomic E-state index is 0.0584. The largest absolute Gasteiger partial charge is 0.411 e. The van der Waals surface area contributed by atoms with Crippen LogP contribution in [0.15, 0.2) is 17.5 Å². The molecule has 0 saturated carbocycles. The Kier molecular flexibility index (Phi) is 8.20. The number of rotatable bonds is 7. The van der Waals surface area contributed by atoms with Crippen LogP contribution in [0.3, 0.4) is 0 Å². The first-order valence-electron chi connectivity index (χ1n) is 14.3. The normalized spacial score (nSPS) is 20.0. The number of hydrogen-bond acceptors (Lipinski definition) is 7. The number of anilines is 1. The molecule has 220 valence electrons.